The molecule has 8 nitrogen and oxygen atoms in total. The van der Waals surface area contributed by atoms with Gasteiger partial charge in [-0.05, 0) is 24.1 Å². The molecular formula is C22H21N5O3S2. The second-order valence-corrected chi connectivity index (χ2v) is 9.66. The first kappa shape index (κ1) is 23.4. The van der Waals surface area contributed by atoms with E-state index in [0.29, 0.717) is 22.1 Å². The van der Waals surface area contributed by atoms with Gasteiger partial charge in [0.05, 0.1) is 16.3 Å². The first-order valence-electron chi connectivity index (χ1n) is 9.62. The van der Waals surface area contributed by atoms with E-state index < -0.39 is 10.0 Å². The normalized spacial score (nSPS) is 11.2. The number of hydrogen-bond donors (Lipinski definition) is 2. The number of ketones is 1. The maximum absolute atomic E-state index is 12.5. The fourth-order valence-corrected chi connectivity index (χ4v) is 4.17. The Balaban J connectivity index is 1.94. The summed E-state index contributed by atoms with van der Waals surface area (Å²) in [6, 6.07) is 16.9. The quantitative estimate of drug-likeness (QED) is 0.289. The number of anilines is 2. The number of thioether (sulfide) groups is 1. The maximum atomic E-state index is 12.5. The molecule has 0 aliphatic carbocycles. The molecule has 3 rings (SSSR count). The number of hydrogen-bond acceptors (Lipinski definition) is 8. The van der Waals surface area contributed by atoms with Crippen molar-refractivity contribution in [2.24, 2.45) is 5.14 Å². The third-order valence-corrected chi connectivity index (χ3v) is 6.19. The number of carbonyl (C=O) groups is 1. The number of sulfonamides is 1. The molecule has 0 fully saturated rings. The van der Waals surface area contributed by atoms with E-state index >= 15 is 0 Å². The highest BCUT2D eigenvalue weighted by atomic mass is 32.2. The topological polar surface area (TPSA) is 139 Å². The summed E-state index contributed by atoms with van der Waals surface area (Å²) in [6.07, 6.45) is 0. The number of Topliss-reactive ketones (excluding diaryl/α,β-unsaturated/α-hetero) is 1. The van der Waals surface area contributed by atoms with E-state index in [-0.39, 0.29) is 33.7 Å². The highest BCUT2D eigenvalue weighted by Crippen LogP contribution is 2.29. The summed E-state index contributed by atoms with van der Waals surface area (Å²) >= 11 is 1.17. The van der Waals surface area contributed by atoms with Crippen molar-refractivity contribution in [3.05, 3.63) is 71.4 Å². The molecule has 32 heavy (non-hydrogen) atoms. The van der Waals surface area contributed by atoms with Gasteiger partial charge in [-0.25, -0.2) is 23.5 Å². The zero-order valence-corrected chi connectivity index (χ0v) is 19.1. The molecule has 3 N–H and O–H groups in total. The summed E-state index contributed by atoms with van der Waals surface area (Å²) in [7, 11) is -3.89. The molecule has 1 heterocycles. The van der Waals surface area contributed by atoms with Crippen molar-refractivity contribution in [3.63, 3.8) is 0 Å². The van der Waals surface area contributed by atoms with Crippen LogP contribution >= 0.6 is 11.8 Å². The van der Waals surface area contributed by atoms with Gasteiger partial charge in [-0.3, -0.25) is 4.79 Å². The molecule has 1 aromatic heterocycles. The van der Waals surface area contributed by atoms with Crippen LogP contribution in [0.2, 0.25) is 0 Å². The molecule has 0 unspecified atom stereocenters. The molecule has 0 spiro atoms. The summed E-state index contributed by atoms with van der Waals surface area (Å²) in [4.78, 5) is 21.3. The number of aromatic nitrogens is 2. The van der Waals surface area contributed by atoms with Gasteiger partial charge in [0.15, 0.2) is 16.8 Å². The van der Waals surface area contributed by atoms with Crippen LogP contribution in [0.15, 0.2) is 64.6 Å². The van der Waals surface area contributed by atoms with Crippen molar-refractivity contribution in [1.82, 2.24) is 9.97 Å². The van der Waals surface area contributed by atoms with Crippen LogP contribution in [0.5, 0.6) is 0 Å². The number of carbonyl (C=O) groups excluding carboxylic acids is 1. The van der Waals surface area contributed by atoms with Crippen LogP contribution in [0.4, 0.5) is 11.5 Å². The summed E-state index contributed by atoms with van der Waals surface area (Å²) < 4.78 is 23.3. The standard InChI is InChI=1S/C22H21N5O3S2/c1-14(2)20-18(12-23)21(25-16-9-6-10-17(11-16)32(24,29)30)27-22(26-20)31-13-19(28)15-7-4-3-5-8-15/h3-11,14H,13H2,1-2H3,(H2,24,29,30)(H,25,26,27). The predicted molar refractivity (Wildman–Crippen MR) is 123 cm³/mol. The smallest absolute Gasteiger partial charge is 0.238 e. The molecule has 2 aromatic carbocycles. The molecule has 0 saturated carbocycles. The van der Waals surface area contributed by atoms with Crippen LogP contribution in [0.25, 0.3) is 0 Å². The van der Waals surface area contributed by atoms with Gasteiger partial charge in [-0.15, -0.1) is 0 Å². The Morgan fingerprint density at radius 2 is 1.88 bits per heavy atom. The second-order valence-electron chi connectivity index (χ2n) is 7.16. The van der Waals surface area contributed by atoms with Crippen molar-refractivity contribution >= 4 is 39.1 Å². The van der Waals surface area contributed by atoms with Crippen molar-refractivity contribution < 1.29 is 13.2 Å². The molecule has 3 aromatic rings. The van der Waals surface area contributed by atoms with E-state index in [0.717, 1.165) is 0 Å². The molecule has 164 valence electrons. The Morgan fingerprint density at radius 3 is 2.50 bits per heavy atom. The zero-order chi connectivity index (χ0) is 23.3. The lowest BCUT2D eigenvalue weighted by Crippen LogP contribution is -2.12. The van der Waals surface area contributed by atoms with E-state index in [2.05, 4.69) is 21.4 Å². The lowest BCUT2D eigenvalue weighted by molar-refractivity contribution is 0.102. The van der Waals surface area contributed by atoms with Gasteiger partial charge in [-0.2, -0.15) is 5.26 Å². The monoisotopic (exact) mass is 467 g/mol. The number of primary sulfonamides is 1. The Labute approximate surface area is 191 Å². The minimum absolute atomic E-state index is 0.0648. The lowest BCUT2D eigenvalue weighted by Gasteiger charge is -2.14. The summed E-state index contributed by atoms with van der Waals surface area (Å²) in [5.74, 6) is 0.221. The Hall–Kier alpha value is -3.26. The molecule has 0 aliphatic heterocycles. The van der Waals surface area contributed by atoms with Gasteiger partial charge in [0.2, 0.25) is 10.0 Å². The minimum atomic E-state index is -3.89. The van der Waals surface area contributed by atoms with Crippen molar-refractivity contribution in [2.75, 3.05) is 11.1 Å². The van der Waals surface area contributed by atoms with Gasteiger partial charge in [0, 0.05) is 11.3 Å². The molecule has 0 bridgehead atoms. The van der Waals surface area contributed by atoms with Crippen molar-refractivity contribution in [3.8, 4) is 6.07 Å². The van der Waals surface area contributed by atoms with Crippen LogP contribution in [-0.2, 0) is 10.0 Å². The third-order valence-electron chi connectivity index (χ3n) is 4.43. The van der Waals surface area contributed by atoms with E-state index in [4.69, 9.17) is 5.14 Å². The first-order chi connectivity index (χ1) is 15.2. The number of nitrogens with two attached hydrogens (primary N) is 1. The largest absolute Gasteiger partial charge is 0.339 e. The molecule has 0 saturated heterocycles. The van der Waals surface area contributed by atoms with E-state index in [1.807, 2.05) is 19.9 Å². The lowest BCUT2D eigenvalue weighted by atomic mass is 10.1. The van der Waals surface area contributed by atoms with Gasteiger partial charge >= 0.3 is 0 Å². The van der Waals surface area contributed by atoms with Crippen molar-refractivity contribution in [2.45, 2.75) is 29.8 Å². The molecule has 0 amide bonds. The predicted octanol–water partition coefficient (Wildman–Crippen LogP) is 3.84. The molecule has 0 radical (unpaired) electrons. The van der Waals surface area contributed by atoms with Gasteiger partial charge in [-0.1, -0.05) is 62.0 Å². The summed E-state index contributed by atoms with van der Waals surface area (Å²) in [5, 5.41) is 18.3. The summed E-state index contributed by atoms with van der Waals surface area (Å²) in [6.45, 7) is 3.80. The third kappa shape index (κ3) is 5.70. The number of nitriles is 1. The highest BCUT2D eigenvalue weighted by Gasteiger charge is 2.19. The highest BCUT2D eigenvalue weighted by molar-refractivity contribution is 7.99. The maximum Gasteiger partial charge on any atom is 0.238 e. The number of benzene rings is 2. The molecular weight excluding hydrogens is 446 g/mol. The van der Waals surface area contributed by atoms with E-state index in [9.17, 15) is 18.5 Å². The first-order valence-corrected chi connectivity index (χ1v) is 12.1. The van der Waals surface area contributed by atoms with E-state index in [1.54, 1.807) is 30.3 Å². The van der Waals surface area contributed by atoms with Gasteiger partial charge in [0.1, 0.15) is 11.6 Å². The Bertz CT molecular complexity index is 1290. The SMILES string of the molecule is CC(C)c1nc(SCC(=O)c2ccccc2)nc(Nc2cccc(S(N)(=O)=O)c2)c1C#N. The van der Waals surface area contributed by atoms with E-state index in [1.165, 1.54) is 30.0 Å². The molecule has 0 aliphatic rings. The van der Waals surface area contributed by atoms with Crippen LogP contribution in [0.1, 0.15) is 41.4 Å². The van der Waals surface area contributed by atoms with Crippen molar-refractivity contribution in [1.29, 1.82) is 5.26 Å². The average molecular weight is 468 g/mol. The minimum Gasteiger partial charge on any atom is -0.339 e. The second kappa shape index (κ2) is 9.91. The van der Waals surface area contributed by atoms with Crippen LogP contribution < -0.4 is 10.5 Å². The Morgan fingerprint density at radius 1 is 1.16 bits per heavy atom. The Kier molecular flexibility index (Phi) is 7.25. The number of rotatable bonds is 8. The molecule has 0 atom stereocenters. The van der Waals surface area contributed by atoms with Gasteiger partial charge < -0.3 is 5.32 Å². The van der Waals surface area contributed by atoms with Crippen LogP contribution in [0.3, 0.4) is 0 Å². The number of nitrogens with zero attached hydrogens (tertiary/aromatic N) is 3. The van der Waals surface area contributed by atoms with Crippen LogP contribution in [0, 0.1) is 11.3 Å². The summed E-state index contributed by atoms with van der Waals surface area (Å²) in [5.41, 5.74) is 1.77. The fraction of sp³-hybridized carbons (Fsp3) is 0.182. The average Bonchev–Trinajstić information content (AvgIpc) is 2.77. The van der Waals surface area contributed by atoms with Gasteiger partial charge in [0.25, 0.3) is 0 Å². The number of nitrogens with one attached hydrogen (secondary N) is 1. The fourth-order valence-electron chi connectivity index (χ4n) is 2.86. The molecule has 10 heteroatoms. The zero-order valence-electron chi connectivity index (χ0n) is 17.4. The van der Waals surface area contributed by atoms with Crippen LogP contribution in [-0.4, -0.2) is 29.9 Å².